The number of esters is 1. The van der Waals surface area contributed by atoms with Crippen molar-refractivity contribution in [2.45, 2.75) is 4.90 Å². The number of sulfonamides is 1. The average Bonchev–Trinajstić information content (AvgIpc) is 2.86. The standard InChI is InChI=1S/C22H26N2O8S/c1-23(22(26)29-2)20-6-4-3-5-19(20)21(25)32-16-15-31-17-7-9-18(10-8-17)33(27,28)24-11-13-30-14-12-24/h3-10H,11-16H2,1-2H3. The van der Waals surface area contributed by atoms with Crippen LogP contribution in [0.1, 0.15) is 10.4 Å². The Kier molecular flexibility index (Phi) is 8.26. The van der Waals surface area contributed by atoms with Crippen LogP contribution in [0, 0.1) is 0 Å². The summed E-state index contributed by atoms with van der Waals surface area (Å²) in [6, 6.07) is 12.6. The van der Waals surface area contributed by atoms with Crippen molar-refractivity contribution in [1.82, 2.24) is 4.31 Å². The van der Waals surface area contributed by atoms with Crippen molar-refractivity contribution in [3.8, 4) is 5.75 Å². The van der Waals surface area contributed by atoms with Crippen molar-refractivity contribution in [2.24, 2.45) is 0 Å². The molecule has 1 saturated heterocycles. The molecule has 1 amide bonds. The van der Waals surface area contributed by atoms with Crippen LogP contribution in [0.4, 0.5) is 10.5 Å². The van der Waals surface area contributed by atoms with Gasteiger partial charge in [-0.2, -0.15) is 4.31 Å². The van der Waals surface area contributed by atoms with Gasteiger partial charge in [0.2, 0.25) is 10.0 Å². The summed E-state index contributed by atoms with van der Waals surface area (Å²) in [6.45, 7) is 1.43. The molecular weight excluding hydrogens is 452 g/mol. The molecule has 2 aromatic carbocycles. The van der Waals surface area contributed by atoms with E-state index in [1.807, 2.05) is 0 Å². The van der Waals surface area contributed by atoms with Crippen molar-refractivity contribution in [3.05, 3.63) is 54.1 Å². The Labute approximate surface area is 192 Å². The molecule has 1 aliphatic rings. The normalized spacial score (nSPS) is 14.4. The molecule has 3 rings (SSSR count). The van der Waals surface area contributed by atoms with Crippen LogP contribution in [0.25, 0.3) is 0 Å². The number of carbonyl (C=O) groups is 2. The molecule has 1 aliphatic heterocycles. The fourth-order valence-corrected chi connectivity index (χ4v) is 4.60. The summed E-state index contributed by atoms with van der Waals surface area (Å²) in [4.78, 5) is 25.6. The van der Waals surface area contributed by atoms with E-state index in [-0.39, 0.29) is 23.7 Å². The Morgan fingerprint density at radius 2 is 1.70 bits per heavy atom. The molecular formula is C22H26N2O8S. The van der Waals surface area contributed by atoms with Crippen LogP contribution in [0.15, 0.2) is 53.4 Å². The fourth-order valence-electron chi connectivity index (χ4n) is 3.19. The molecule has 0 atom stereocenters. The summed E-state index contributed by atoms with van der Waals surface area (Å²) in [5, 5.41) is 0. The summed E-state index contributed by atoms with van der Waals surface area (Å²) in [6.07, 6.45) is -0.613. The van der Waals surface area contributed by atoms with Crippen LogP contribution in [-0.4, -0.2) is 78.5 Å². The van der Waals surface area contributed by atoms with Gasteiger partial charge < -0.3 is 18.9 Å². The van der Waals surface area contributed by atoms with E-state index in [0.29, 0.717) is 37.7 Å². The summed E-state index contributed by atoms with van der Waals surface area (Å²) in [5.41, 5.74) is 0.565. The van der Waals surface area contributed by atoms with Gasteiger partial charge in [-0.1, -0.05) is 12.1 Å². The highest BCUT2D eigenvalue weighted by Crippen LogP contribution is 2.22. The number of hydrogen-bond acceptors (Lipinski definition) is 8. The van der Waals surface area contributed by atoms with Crippen molar-refractivity contribution >= 4 is 27.8 Å². The lowest BCUT2D eigenvalue weighted by atomic mass is 10.1. The molecule has 10 nitrogen and oxygen atoms in total. The number of para-hydroxylation sites is 1. The predicted molar refractivity (Wildman–Crippen MR) is 119 cm³/mol. The molecule has 178 valence electrons. The molecule has 0 aromatic heterocycles. The highest BCUT2D eigenvalue weighted by atomic mass is 32.2. The fraction of sp³-hybridized carbons (Fsp3) is 0.364. The van der Waals surface area contributed by atoms with Gasteiger partial charge in [0, 0.05) is 20.1 Å². The second-order valence-corrected chi connectivity index (χ2v) is 8.96. The molecule has 0 N–H and O–H groups in total. The van der Waals surface area contributed by atoms with Crippen molar-refractivity contribution in [2.75, 3.05) is 58.6 Å². The maximum Gasteiger partial charge on any atom is 0.413 e. The van der Waals surface area contributed by atoms with E-state index in [2.05, 4.69) is 4.74 Å². The molecule has 11 heteroatoms. The molecule has 1 heterocycles. The quantitative estimate of drug-likeness (QED) is 0.419. The minimum Gasteiger partial charge on any atom is -0.490 e. The van der Waals surface area contributed by atoms with E-state index in [1.54, 1.807) is 36.4 Å². The summed E-state index contributed by atoms with van der Waals surface area (Å²) >= 11 is 0. The Morgan fingerprint density at radius 3 is 2.36 bits per heavy atom. The molecule has 0 spiro atoms. The van der Waals surface area contributed by atoms with Gasteiger partial charge in [0.05, 0.1) is 36.5 Å². The van der Waals surface area contributed by atoms with Crippen LogP contribution in [0.2, 0.25) is 0 Å². The van der Waals surface area contributed by atoms with Crippen LogP contribution in [0.3, 0.4) is 0 Å². The van der Waals surface area contributed by atoms with Crippen LogP contribution >= 0.6 is 0 Å². The van der Waals surface area contributed by atoms with Crippen molar-refractivity contribution < 1.29 is 37.0 Å². The Hall–Kier alpha value is -3.15. The van der Waals surface area contributed by atoms with Gasteiger partial charge in [-0.3, -0.25) is 4.90 Å². The zero-order valence-corrected chi connectivity index (χ0v) is 19.2. The lowest BCUT2D eigenvalue weighted by Crippen LogP contribution is -2.40. The van der Waals surface area contributed by atoms with E-state index in [1.165, 1.54) is 35.5 Å². The smallest absolute Gasteiger partial charge is 0.413 e. The number of ether oxygens (including phenoxy) is 4. The molecule has 0 saturated carbocycles. The lowest BCUT2D eigenvalue weighted by Gasteiger charge is -2.26. The Morgan fingerprint density at radius 1 is 1.03 bits per heavy atom. The second kappa shape index (κ2) is 11.1. The number of amides is 1. The van der Waals surface area contributed by atoms with Crippen molar-refractivity contribution in [3.63, 3.8) is 0 Å². The maximum atomic E-state index is 12.6. The number of rotatable bonds is 8. The number of methoxy groups -OCH3 is 1. The summed E-state index contributed by atoms with van der Waals surface area (Å²) in [7, 11) is -0.832. The number of carbonyl (C=O) groups excluding carboxylic acids is 2. The van der Waals surface area contributed by atoms with Gasteiger partial charge >= 0.3 is 12.1 Å². The molecule has 2 aromatic rings. The topological polar surface area (TPSA) is 112 Å². The van der Waals surface area contributed by atoms with E-state index >= 15 is 0 Å². The Bertz CT molecular complexity index is 1070. The number of nitrogens with zero attached hydrogens (tertiary/aromatic N) is 2. The van der Waals surface area contributed by atoms with Gasteiger partial charge in [-0.25, -0.2) is 18.0 Å². The van der Waals surface area contributed by atoms with Crippen LogP contribution in [-0.2, 0) is 24.2 Å². The largest absolute Gasteiger partial charge is 0.490 e. The third-order valence-electron chi connectivity index (χ3n) is 4.95. The monoisotopic (exact) mass is 478 g/mol. The van der Waals surface area contributed by atoms with E-state index in [4.69, 9.17) is 14.2 Å². The molecule has 33 heavy (non-hydrogen) atoms. The van der Waals surface area contributed by atoms with Gasteiger partial charge in [-0.05, 0) is 36.4 Å². The highest BCUT2D eigenvalue weighted by molar-refractivity contribution is 7.89. The average molecular weight is 479 g/mol. The minimum atomic E-state index is -3.57. The first-order valence-electron chi connectivity index (χ1n) is 10.2. The van der Waals surface area contributed by atoms with Crippen LogP contribution < -0.4 is 9.64 Å². The zero-order chi connectivity index (χ0) is 23.8. The van der Waals surface area contributed by atoms with Gasteiger partial charge in [0.25, 0.3) is 0 Å². The molecule has 0 aliphatic carbocycles. The number of morpholine rings is 1. The third-order valence-corrected chi connectivity index (χ3v) is 6.86. The first kappa shape index (κ1) is 24.5. The van der Waals surface area contributed by atoms with E-state index in [0.717, 1.165) is 0 Å². The predicted octanol–water partition coefficient (Wildman–Crippen LogP) is 2.15. The number of hydrogen-bond donors (Lipinski definition) is 0. The van der Waals surface area contributed by atoms with Crippen LogP contribution in [0.5, 0.6) is 5.75 Å². The SMILES string of the molecule is COC(=O)N(C)c1ccccc1C(=O)OCCOc1ccc(S(=O)(=O)N2CCOCC2)cc1. The Balaban J connectivity index is 1.52. The molecule has 1 fully saturated rings. The first-order chi connectivity index (χ1) is 15.8. The third kappa shape index (κ3) is 6.01. The molecule has 0 unspecified atom stereocenters. The molecule has 0 bridgehead atoms. The summed E-state index contributed by atoms with van der Waals surface area (Å²) in [5.74, 6) is -0.172. The minimum absolute atomic E-state index is 0.0388. The van der Waals surface area contributed by atoms with Crippen molar-refractivity contribution in [1.29, 1.82) is 0 Å². The van der Waals surface area contributed by atoms with E-state index in [9.17, 15) is 18.0 Å². The lowest BCUT2D eigenvalue weighted by molar-refractivity contribution is 0.0451. The zero-order valence-electron chi connectivity index (χ0n) is 18.4. The van der Waals surface area contributed by atoms with Gasteiger partial charge in [-0.15, -0.1) is 0 Å². The first-order valence-corrected chi connectivity index (χ1v) is 11.7. The molecule has 0 radical (unpaired) electrons. The second-order valence-electron chi connectivity index (χ2n) is 7.02. The number of anilines is 1. The van der Waals surface area contributed by atoms with Gasteiger partial charge in [0.15, 0.2) is 0 Å². The highest BCUT2D eigenvalue weighted by Gasteiger charge is 2.26. The van der Waals surface area contributed by atoms with Gasteiger partial charge in [0.1, 0.15) is 19.0 Å². The maximum absolute atomic E-state index is 12.6. The number of benzene rings is 2. The summed E-state index contributed by atoms with van der Waals surface area (Å²) < 4.78 is 47.4. The van der Waals surface area contributed by atoms with E-state index < -0.39 is 22.1 Å².